The molecule has 1 fully saturated rings. The number of aliphatic hydroxyl groups is 1. The van der Waals surface area contributed by atoms with Crippen molar-refractivity contribution in [3.63, 3.8) is 0 Å². The quantitative estimate of drug-likeness (QED) is 0.705. The molecule has 0 heterocycles. The zero-order valence-electron chi connectivity index (χ0n) is 12.6. The number of rotatable bonds is 7. The summed E-state index contributed by atoms with van der Waals surface area (Å²) in [5.74, 6) is 0.605. The van der Waals surface area contributed by atoms with Crippen LogP contribution in [0.25, 0.3) is 0 Å². The number of nitrogens with zero attached hydrogens (tertiary/aromatic N) is 1. The zero-order chi connectivity index (χ0) is 15.2. The molecule has 1 saturated carbocycles. The molecule has 0 aliphatic heterocycles. The first-order valence-corrected chi connectivity index (χ1v) is 7.52. The van der Waals surface area contributed by atoms with Gasteiger partial charge in [-0.25, -0.2) is 0 Å². The molecule has 1 aliphatic carbocycles. The third-order valence-corrected chi connectivity index (χ3v) is 3.97. The summed E-state index contributed by atoms with van der Waals surface area (Å²) < 4.78 is 0. The Hall–Kier alpha value is -1.43. The van der Waals surface area contributed by atoms with Gasteiger partial charge in [0, 0.05) is 31.7 Å². The second-order valence-corrected chi connectivity index (χ2v) is 5.95. The first-order valence-electron chi connectivity index (χ1n) is 7.52. The summed E-state index contributed by atoms with van der Waals surface area (Å²) >= 11 is 0. The summed E-state index contributed by atoms with van der Waals surface area (Å²) in [7, 11) is 2.02. The fraction of sp³-hybridized carbons (Fsp3) is 0.562. The summed E-state index contributed by atoms with van der Waals surface area (Å²) in [6.45, 7) is 2.20. The van der Waals surface area contributed by atoms with E-state index < -0.39 is 0 Å². The molecule has 5 nitrogen and oxygen atoms in total. The van der Waals surface area contributed by atoms with Crippen LogP contribution in [0.4, 0.5) is 5.69 Å². The van der Waals surface area contributed by atoms with Gasteiger partial charge in [-0.15, -0.1) is 0 Å². The smallest absolute Gasteiger partial charge is 0.225 e. The summed E-state index contributed by atoms with van der Waals surface area (Å²) in [6.07, 6.45) is 2.15. The minimum absolute atomic E-state index is 0.0241. The topological polar surface area (TPSA) is 78.6 Å². The zero-order valence-corrected chi connectivity index (χ0v) is 12.6. The molecule has 0 unspecified atom stereocenters. The van der Waals surface area contributed by atoms with Crippen molar-refractivity contribution in [3.05, 3.63) is 29.8 Å². The molecule has 1 aliphatic rings. The van der Waals surface area contributed by atoms with Crippen LogP contribution in [0.5, 0.6) is 0 Å². The highest BCUT2D eigenvalue weighted by molar-refractivity contribution is 5.90. The van der Waals surface area contributed by atoms with Gasteiger partial charge in [0.05, 0.1) is 6.10 Å². The molecule has 2 rings (SSSR count). The first-order chi connectivity index (χ1) is 10.1. The number of carbonyl (C=O) groups excluding carboxylic acids is 1. The number of nitrogens with one attached hydrogen (secondary N) is 1. The molecule has 116 valence electrons. The van der Waals surface area contributed by atoms with Crippen LogP contribution in [0.15, 0.2) is 24.3 Å². The number of anilines is 1. The lowest BCUT2D eigenvalue weighted by atomic mass is 9.82. The molecule has 5 heteroatoms. The second kappa shape index (κ2) is 7.54. The SMILES string of the molecule is CN(CCC(=O)Nc1ccc(CN)cc1)CC1CC(O)C1. The van der Waals surface area contributed by atoms with Crippen molar-refractivity contribution in [3.8, 4) is 0 Å². The Morgan fingerprint density at radius 2 is 2.05 bits per heavy atom. The highest BCUT2D eigenvalue weighted by Crippen LogP contribution is 2.27. The van der Waals surface area contributed by atoms with E-state index in [1.807, 2.05) is 31.3 Å². The van der Waals surface area contributed by atoms with Crippen LogP contribution >= 0.6 is 0 Å². The van der Waals surface area contributed by atoms with Crippen molar-refractivity contribution < 1.29 is 9.90 Å². The second-order valence-electron chi connectivity index (χ2n) is 5.95. The minimum Gasteiger partial charge on any atom is -0.393 e. The fourth-order valence-electron chi connectivity index (χ4n) is 2.62. The summed E-state index contributed by atoms with van der Waals surface area (Å²) in [4.78, 5) is 14.1. The molecular formula is C16H25N3O2. The van der Waals surface area contributed by atoms with E-state index in [1.54, 1.807) is 0 Å². The van der Waals surface area contributed by atoms with E-state index in [0.717, 1.165) is 37.2 Å². The van der Waals surface area contributed by atoms with Crippen LogP contribution in [0, 0.1) is 5.92 Å². The molecule has 0 bridgehead atoms. The summed E-state index contributed by atoms with van der Waals surface area (Å²) in [5.41, 5.74) is 7.40. The van der Waals surface area contributed by atoms with Gasteiger partial charge in [0.2, 0.25) is 5.91 Å². The summed E-state index contributed by atoms with van der Waals surface area (Å²) in [6, 6.07) is 7.59. The Morgan fingerprint density at radius 3 is 2.62 bits per heavy atom. The van der Waals surface area contributed by atoms with Crippen molar-refractivity contribution in [1.29, 1.82) is 0 Å². The van der Waals surface area contributed by atoms with Crippen molar-refractivity contribution in [2.75, 3.05) is 25.5 Å². The monoisotopic (exact) mass is 291 g/mol. The Morgan fingerprint density at radius 1 is 1.38 bits per heavy atom. The number of carbonyl (C=O) groups is 1. The molecule has 1 amide bonds. The van der Waals surface area contributed by atoms with Gasteiger partial charge in [0.1, 0.15) is 0 Å². The Bertz CT molecular complexity index is 455. The molecule has 0 atom stereocenters. The van der Waals surface area contributed by atoms with E-state index in [0.29, 0.717) is 18.9 Å². The maximum atomic E-state index is 11.9. The van der Waals surface area contributed by atoms with Gasteiger partial charge >= 0.3 is 0 Å². The standard InChI is InChI=1S/C16H25N3O2/c1-19(11-13-8-15(20)9-13)7-6-16(21)18-14-4-2-12(10-17)3-5-14/h2-5,13,15,20H,6-11,17H2,1H3,(H,18,21). The van der Waals surface area contributed by atoms with Gasteiger partial charge in [-0.1, -0.05) is 12.1 Å². The molecule has 0 aromatic heterocycles. The average Bonchev–Trinajstić information content (AvgIpc) is 2.44. The van der Waals surface area contributed by atoms with Crippen molar-refractivity contribution in [2.24, 2.45) is 11.7 Å². The number of hydrogen-bond donors (Lipinski definition) is 3. The lowest BCUT2D eigenvalue weighted by Gasteiger charge is -2.34. The maximum absolute atomic E-state index is 11.9. The van der Waals surface area contributed by atoms with E-state index in [1.165, 1.54) is 0 Å². The lowest BCUT2D eigenvalue weighted by molar-refractivity contribution is -0.116. The van der Waals surface area contributed by atoms with Crippen LogP contribution in [0.3, 0.4) is 0 Å². The molecule has 1 aromatic rings. The van der Waals surface area contributed by atoms with Gasteiger partial charge in [-0.3, -0.25) is 4.79 Å². The first kappa shape index (κ1) is 15.9. The van der Waals surface area contributed by atoms with Crippen LogP contribution in [0.2, 0.25) is 0 Å². The van der Waals surface area contributed by atoms with Crippen LogP contribution in [-0.4, -0.2) is 42.2 Å². The van der Waals surface area contributed by atoms with Gasteiger partial charge in [-0.05, 0) is 43.5 Å². The van der Waals surface area contributed by atoms with Gasteiger partial charge in [0.25, 0.3) is 0 Å². The predicted molar refractivity (Wildman–Crippen MR) is 83.8 cm³/mol. The van der Waals surface area contributed by atoms with Crippen LogP contribution in [0.1, 0.15) is 24.8 Å². The highest BCUT2D eigenvalue weighted by Gasteiger charge is 2.27. The molecule has 0 saturated heterocycles. The molecule has 0 spiro atoms. The molecule has 21 heavy (non-hydrogen) atoms. The minimum atomic E-state index is -0.108. The summed E-state index contributed by atoms with van der Waals surface area (Å²) in [5, 5.41) is 12.2. The van der Waals surface area contributed by atoms with Gasteiger partial charge in [0.15, 0.2) is 0 Å². The van der Waals surface area contributed by atoms with E-state index in [9.17, 15) is 9.90 Å². The van der Waals surface area contributed by atoms with Gasteiger partial charge in [-0.2, -0.15) is 0 Å². The molecule has 4 N–H and O–H groups in total. The van der Waals surface area contributed by atoms with E-state index in [-0.39, 0.29) is 12.0 Å². The molecule has 1 aromatic carbocycles. The van der Waals surface area contributed by atoms with Gasteiger partial charge < -0.3 is 21.1 Å². The Balaban J connectivity index is 1.66. The van der Waals surface area contributed by atoms with E-state index >= 15 is 0 Å². The van der Waals surface area contributed by atoms with Crippen LogP contribution in [-0.2, 0) is 11.3 Å². The number of aliphatic hydroxyl groups excluding tert-OH is 1. The van der Waals surface area contributed by atoms with Crippen molar-refractivity contribution in [1.82, 2.24) is 4.90 Å². The largest absolute Gasteiger partial charge is 0.393 e. The highest BCUT2D eigenvalue weighted by atomic mass is 16.3. The van der Waals surface area contributed by atoms with Crippen molar-refractivity contribution >= 4 is 11.6 Å². The molecular weight excluding hydrogens is 266 g/mol. The van der Waals surface area contributed by atoms with E-state index in [4.69, 9.17) is 5.73 Å². The van der Waals surface area contributed by atoms with E-state index in [2.05, 4.69) is 10.2 Å². The molecule has 0 radical (unpaired) electrons. The lowest BCUT2D eigenvalue weighted by Crippen LogP contribution is -2.38. The Labute approximate surface area is 126 Å². The fourth-order valence-corrected chi connectivity index (χ4v) is 2.62. The van der Waals surface area contributed by atoms with Crippen LogP contribution < -0.4 is 11.1 Å². The number of hydrogen-bond acceptors (Lipinski definition) is 4. The Kier molecular flexibility index (Phi) is 5.73. The normalized spacial score (nSPS) is 21.1. The average molecular weight is 291 g/mol. The maximum Gasteiger partial charge on any atom is 0.225 e. The predicted octanol–water partition coefficient (Wildman–Crippen LogP) is 1.18. The number of amides is 1. The number of nitrogens with two attached hydrogens (primary N) is 1. The van der Waals surface area contributed by atoms with Crippen molar-refractivity contribution in [2.45, 2.75) is 31.9 Å². The third-order valence-electron chi connectivity index (χ3n) is 3.97. The third kappa shape index (κ3) is 5.12. The number of benzene rings is 1.